The van der Waals surface area contributed by atoms with Crippen LogP contribution < -0.4 is 16.4 Å². The normalized spacial score (nSPS) is 16.9. The summed E-state index contributed by atoms with van der Waals surface area (Å²) in [7, 11) is 1.72. The molecule has 1 aromatic heterocycles. The molecule has 1 atom stereocenters. The molecule has 8 heteroatoms. The minimum Gasteiger partial charge on any atom is -0.373 e. The van der Waals surface area contributed by atoms with Crippen molar-refractivity contribution in [1.29, 1.82) is 0 Å². The largest absolute Gasteiger partial charge is 0.373 e. The molecule has 106 valence electrons. The number of anilines is 1. The van der Waals surface area contributed by atoms with Crippen molar-refractivity contribution in [2.24, 2.45) is 5.73 Å². The average molecular weight is 306 g/mol. The number of terminal acetylenes is 1. The van der Waals surface area contributed by atoms with Crippen LogP contribution in [0, 0.1) is 12.3 Å². The summed E-state index contributed by atoms with van der Waals surface area (Å²) in [5.41, 5.74) is 5.93. The second kappa shape index (κ2) is 7.24. The average Bonchev–Trinajstić information content (AvgIpc) is 2.94. The van der Waals surface area contributed by atoms with Gasteiger partial charge in [0.1, 0.15) is 17.1 Å². The molecule has 0 radical (unpaired) electrons. The highest BCUT2D eigenvalue weighted by molar-refractivity contribution is 6.00. The van der Waals surface area contributed by atoms with Crippen LogP contribution in [0.25, 0.3) is 0 Å². The van der Waals surface area contributed by atoms with Gasteiger partial charge in [0.2, 0.25) is 0 Å². The fraction of sp³-hybridized carbons (Fsp3) is 0.455. The Hall–Kier alpha value is -1.42. The van der Waals surface area contributed by atoms with Crippen LogP contribution in [0.1, 0.15) is 28.5 Å². The van der Waals surface area contributed by atoms with Crippen molar-refractivity contribution >= 4 is 36.5 Å². The summed E-state index contributed by atoms with van der Waals surface area (Å²) in [5.74, 6) is 2.44. The summed E-state index contributed by atoms with van der Waals surface area (Å²) >= 11 is 0. The van der Waals surface area contributed by atoms with Crippen molar-refractivity contribution in [2.75, 3.05) is 25.5 Å². The van der Waals surface area contributed by atoms with E-state index in [4.69, 9.17) is 12.2 Å². The van der Waals surface area contributed by atoms with Crippen molar-refractivity contribution in [3.8, 4) is 12.3 Å². The highest BCUT2D eigenvalue weighted by Crippen LogP contribution is 2.25. The lowest BCUT2D eigenvalue weighted by Gasteiger charge is -2.13. The van der Waals surface area contributed by atoms with Crippen LogP contribution in [-0.2, 0) is 0 Å². The summed E-state index contributed by atoms with van der Waals surface area (Å²) in [5, 5.41) is 10.5. The van der Waals surface area contributed by atoms with Gasteiger partial charge in [0.25, 0.3) is 5.91 Å². The van der Waals surface area contributed by atoms with Crippen LogP contribution in [-0.4, -0.2) is 35.8 Å². The number of rotatable bonds is 3. The first-order valence-corrected chi connectivity index (χ1v) is 5.46. The van der Waals surface area contributed by atoms with Crippen molar-refractivity contribution in [3.63, 3.8) is 0 Å². The van der Waals surface area contributed by atoms with E-state index in [9.17, 15) is 4.79 Å². The number of hydrogen-bond acceptors (Lipinski definition) is 4. The summed E-state index contributed by atoms with van der Waals surface area (Å²) < 4.78 is 1.76. The standard InChI is InChI=1S/C11H15N5O.2ClH/c1-3-8-9(10(12)17)11(13-2)16(15-8)7-4-5-14-6-7;;/h1,7,13-14H,4-6H2,2H3,(H2,12,17);2*1H/t7-;;/m0../s1. The zero-order valence-electron chi connectivity index (χ0n) is 10.5. The fourth-order valence-electron chi connectivity index (χ4n) is 2.12. The van der Waals surface area contributed by atoms with Gasteiger partial charge in [-0.1, -0.05) is 0 Å². The van der Waals surface area contributed by atoms with E-state index in [2.05, 4.69) is 21.7 Å². The molecule has 0 bridgehead atoms. The van der Waals surface area contributed by atoms with E-state index in [0.717, 1.165) is 19.5 Å². The summed E-state index contributed by atoms with van der Waals surface area (Å²) in [4.78, 5) is 11.4. The van der Waals surface area contributed by atoms with Crippen molar-refractivity contribution in [2.45, 2.75) is 12.5 Å². The first-order valence-electron chi connectivity index (χ1n) is 5.46. The first-order chi connectivity index (χ1) is 8.19. The molecule has 0 aliphatic carbocycles. The van der Waals surface area contributed by atoms with Gasteiger partial charge in [-0.3, -0.25) is 4.79 Å². The van der Waals surface area contributed by atoms with E-state index in [1.54, 1.807) is 11.7 Å². The van der Waals surface area contributed by atoms with Gasteiger partial charge in [-0.15, -0.1) is 31.2 Å². The lowest BCUT2D eigenvalue weighted by molar-refractivity contribution is 0.100. The zero-order chi connectivity index (χ0) is 12.4. The van der Waals surface area contributed by atoms with Gasteiger partial charge in [-0.05, 0) is 18.9 Å². The Balaban J connectivity index is 0.00000162. The Labute approximate surface area is 124 Å². The number of nitrogens with one attached hydrogen (secondary N) is 2. The Morgan fingerprint density at radius 1 is 1.63 bits per heavy atom. The highest BCUT2D eigenvalue weighted by atomic mass is 35.5. The molecule has 1 aliphatic rings. The minimum atomic E-state index is -0.556. The van der Waals surface area contributed by atoms with Crippen LogP contribution in [0.4, 0.5) is 5.82 Å². The van der Waals surface area contributed by atoms with Crippen LogP contribution in [0.2, 0.25) is 0 Å². The molecule has 19 heavy (non-hydrogen) atoms. The van der Waals surface area contributed by atoms with E-state index in [0.29, 0.717) is 17.1 Å². The number of nitrogens with two attached hydrogens (primary N) is 1. The molecule has 2 heterocycles. The molecule has 0 saturated carbocycles. The number of halogens is 2. The smallest absolute Gasteiger partial charge is 0.255 e. The molecular formula is C11H17Cl2N5O. The Morgan fingerprint density at radius 2 is 2.32 bits per heavy atom. The molecule has 4 N–H and O–H groups in total. The zero-order valence-corrected chi connectivity index (χ0v) is 12.1. The van der Waals surface area contributed by atoms with Gasteiger partial charge in [-0.25, -0.2) is 4.68 Å². The second-order valence-corrected chi connectivity index (χ2v) is 3.92. The van der Waals surface area contributed by atoms with Gasteiger partial charge in [0.05, 0.1) is 6.04 Å². The maximum absolute atomic E-state index is 11.4. The van der Waals surface area contributed by atoms with Gasteiger partial charge >= 0.3 is 0 Å². The van der Waals surface area contributed by atoms with Gasteiger partial charge < -0.3 is 16.4 Å². The van der Waals surface area contributed by atoms with Crippen LogP contribution in [0.5, 0.6) is 0 Å². The second-order valence-electron chi connectivity index (χ2n) is 3.92. The quantitative estimate of drug-likeness (QED) is 0.705. The van der Waals surface area contributed by atoms with Gasteiger partial charge in [-0.2, -0.15) is 5.10 Å². The fourth-order valence-corrected chi connectivity index (χ4v) is 2.12. The van der Waals surface area contributed by atoms with Crippen molar-refractivity contribution in [3.05, 3.63) is 11.3 Å². The Bertz CT molecular complexity index is 488. The SMILES string of the molecule is C#Cc1nn([C@H]2CCNC2)c(NC)c1C(N)=O.Cl.Cl. The molecule has 1 amide bonds. The number of aromatic nitrogens is 2. The first kappa shape index (κ1) is 17.6. The number of primary amides is 1. The predicted molar refractivity (Wildman–Crippen MR) is 79.2 cm³/mol. The molecule has 0 unspecified atom stereocenters. The van der Waals surface area contributed by atoms with Crippen LogP contribution in [0.15, 0.2) is 0 Å². The Kier molecular flexibility index (Phi) is 6.70. The topological polar surface area (TPSA) is 85.0 Å². The third-order valence-electron chi connectivity index (χ3n) is 2.91. The van der Waals surface area contributed by atoms with Crippen LogP contribution >= 0.6 is 24.8 Å². The molecule has 6 nitrogen and oxygen atoms in total. The molecule has 1 saturated heterocycles. The van der Waals surface area contributed by atoms with Crippen molar-refractivity contribution < 1.29 is 4.79 Å². The van der Waals surface area contributed by atoms with Crippen molar-refractivity contribution in [1.82, 2.24) is 15.1 Å². The monoisotopic (exact) mass is 305 g/mol. The third kappa shape index (κ3) is 3.13. The summed E-state index contributed by atoms with van der Waals surface area (Å²) in [6.45, 7) is 1.75. The number of amides is 1. The number of hydrogen-bond donors (Lipinski definition) is 3. The summed E-state index contributed by atoms with van der Waals surface area (Å²) in [6.07, 6.45) is 6.30. The number of carbonyl (C=O) groups is 1. The van der Waals surface area contributed by atoms with E-state index >= 15 is 0 Å². The van der Waals surface area contributed by atoms with Gasteiger partial charge in [0, 0.05) is 13.6 Å². The maximum atomic E-state index is 11.4. The molecule has 1 fully saturated rings. The predicted octanol–water partition coefficient (Wildman–Crippen LogP) is 0.383. The number of nitrogens with zero attached hydrogens (tertiary/aromatic N) is 2. The lowest BCUT2D eigenvalue weighted by Crippen LogP contribution is -2.18. The summed E-state index contributed by atoms with van der Waals surface area (Å²) in [6, 6.07) is 0.206. The molecule has 1 aliphatic heterocycles. The molecule has 0 aromatic carbocycles. The maximum Gasteiger partial charge on any atom is 0.255 e. The minimum absolute atomic E-state index is 0. The number of carbonyl (C=O) groups excluding carboxylic acids is 1. The molecule has 2 rings (SSSR count). The van der Waals surface area contributed by atoms with E-state index in [-0.39, 0.29) is 30.9 Å². The van der Waals surface area contributed by atoms with E-state index in [1.165, 1.54) is 0 Å². The Morgan fingerprint density at radius 3 is 2.74 bits per heavy atom. The lowest BCUT2D eigenvalue weighted by atomic mass is 10.2. The van der Waals surface area contributed by atoms with Crippen LogP contribution in [0.3, 0.4) is 0 Å². The van der Waals surface area contributed by atoms with Gasteiger partial charge in [0.15, 0.2) is 0 Å². The molecule has 1 aromatic rings. The highest BCUT2D eigenvalue weighted by Gasteiger charge is 2.26. The molecular weight excluding hydrogens is 289 g/mol. The molecule has 0 spiro atoms. The third-order valence-corrected chi connectivity index (χ3v) is 2.91. The van der Waals surface area contributed by atoms with E-state index in [1.807, 2.05) is 0 Å². The van der Waals surface area contributed by atoms with E-state index < -0.39 is 5.91 Å².